The van der Waals surface area contributed by atoms with Crippen LogP contribution in [0.25, 0.3) is 5.70 Å². The van der Waals surface area contributed by atoms with Crippen LogP contribution < -0.4 is 15.4 Å². The fourth-order valence-corrected chi connectivity index (χ4v) is 3.67. The van der Waals surface area contributed by atoms with E-state index in [-0.39, 0.29) is 0 Å². The SMILES string of the molecule is NC1=NC=C(c2ccc(OCCN3CCCCC3)cc2)N(c2cccnc2)C1. The topological polar surface area (TPSA) is 67.0 Å². The maximum Gasteiger partial charge on any atom is 0.119 e. The fraction of sp³-hybridized carbons (Fsp3) is 0.364. The lowest BCUT2D eigenvalue weighted by Crippen LogP contribution is -2.35. The highest BCUT2D eigenvalue weighted by atomic mass is 16.5. The lowest BCUT2D eigenvalue weighted by atomic mass is 10.1. The minimum absolute atomic E-state index is 0.547. The van der Waals surface area contributed by atoms with E-state index < -0.39 is 0 Å². The van der Waals surface area contributed by atoms with Crippen molar-refractivity contribution in [2.75, 3.05) is 37.7 Å². The van der Waals surface area contributed by atoms with E-state index in [9.17, 15) is 0 Å². The average molecular weight is 377 g/mol. The number of ether oxygens (including phenoxy) is 1. The second kappa shape index (κ2) is 8.89. The molecule has 6 heteroatoms. The fourth-order valence-electron chi connectivity index (χ4n) is 3.67. The van der Waals surface area contributed by atoms with Gasteiger partial charge in [0.2, 0.25) is 0 Å². The normalized spacial score (nSPS) is 17.8. The molecule has 0 bridgehead atoms. The van der Waals surface area contributed by atoms with Gasteiger partial charge in [-0.2, -0.15) is 0 Å². The van der Waals surface area contributed by atoms with Crippen LogP contribution in [0.5, 0.6) is 5.75 Å². The van der Waals surface area contributed by atoms with Crippen molar-refractivity contribution in [2.45, 2.75) is 19.3 Å². The molecule has 0 radical (unpaired) electrons. The summed E-state index contributed by atoms with van der Waals surface area (Å²) in [6.45, 7) is 4.67. The third-order valence-corrected chi connectivity index (χ3v) is 5.20. The van der Waals surface area contributed by atoms with Gasteiger partial charge < -0.3 is 15.4 Å². The minimum Gasteiger partial charge on any atom is -0.492 e. The zero-order valence-corrected chi connectivity index (χ0v) is 16.1. The van der Waals surface area contributed by atoms with Gasteiger partial charge in [0, 0.05) is 18.3 Å². The molecule has 2 aliphatic heterocycles. The van der Waals surface area contributed by atoms with Crippen molar-refractivity contribution in [1.29, 1.82) is 0 Å². The Morgan fingerprint density at radius 3 is 2.61 bits per heavy atom. The van der Waals surface area contributed by atoms with Gasteiger partial charge in [0.15, 0.2) is 0 Å². The number of hydrogen-bond acceptors (Lipinski definition) is 6. The first kappa shape index (κ1) is 18.5. The Hall–Kier alpha value is -2.86. The molecule has 6 nitrogen and oxygen atoms in total. The van der Waals surface area contributed by atoms with E-state index in [0.717, 1.165) is 35.8 Å². The van der Waals surface area contributed by atoms with Gasteiger partial charge in [-0.3, -0.25) is 9.88 Å². The summed E-state index contributed by atoms with van der Waals surface area (Å²) in [6.07, 6.45) is 9.40. The highest BCUT2D eigenvalue weighted by Gasteiger charge is 2.19. The van der Waals surface area contributed by atoms with Crippen LogP contribution >= 0.6 is 0 Å². The van der Waals surface area contributed by atoms with Crippen molar-refractivity contribution in [3.8, 4) is 5.75 Å². The largest absolute Gasteiger partial charge is 0.492 e. The second-order valence-corrected chi connectivity index (χ2v) is 7.21. The number of likely N-dealkylation sites (tertiary alicyclic amines) is 1. The van der Waals surface area contributed by atoms with E-state index in [0.29, 0.717) is 12.4 Å². The van der Waals surface area contributed by atoms with Crippen molar-refractivity contribution in [2.24, 2.45) is 10.7 Å². The van der Waals surface area contributed by atoms with E-state index in [1.807, 2.05) is 36.7 Å². The second-order valence-electron chi connectivity index (χ2n) is 7.21. The number of aliphatic imine (C=N–C) groups is 1. The molecule has 1 fully saturated rings. The van der Waals surface area contributed by atoms with Crippen LogP contribution in [-0.4, -0.2) is 48.5 Å². The maximum absolute atomic E-state index is 5.96. The van der Waals surface area contributed by atoms with Gasteiger partial charge >= 0.3 is 0 Å². The van der Waals surface area contributed by atoms with Gasteiger partial charge in [0.25, 0.3) is 0 Å². The van der Waals surface area contributed by atoms with Crippen molar-refractivity contribution < 1.29 is 4.74 Å². The summed E-state index contributed by atoms with van der Waals surface area (Å²) < 4.78 is 5.95. The molecule has 2 aromatic rings. The Morgan fingerprint density at radius 2 is 1.86 bits per heavy atom. The summed E-state index contributed by atoms with van der Waals surface area (Å²) in [5.41, 5.74) is 9.03. The zero-order valence-electron chi connectivity index (χ0n) is 16.1. The number of benzene rings is 1. The summed E-state index contributed by atoms with van der Waals surface area (Å²) in [4.78, 5) is 13.2. The summed E-state index contributed by atoms with van der Waals surface area (Å²) in [7, 11) is 0. The number of pyridine rings is 1. The van der Waals surface area contributed by atoms with Gasteiger partial charge in [-0.05, 0) is 62.3 Å². The number of amidine groups is 1. The number of anilines is 1. The van der Waals surface area contributed by atoms with Crippen molar-refractivity contribution in [3.63, 3.8) is 0 Å². The summed E-state index contributed by atoms with van der Waals surface area (Å²) in [5, 5.41) is 0. The highest BCUT2D eigenvalue weighted by molar-refractivity contribution is 5.95. The molecule has 0 saturated carbocycles. The molecule has 2 N–H and O–H groups in total. The predicted octanol–water partition coefficient (Wildman–Crippen LogP) is 3.12. The quantitative estimate of drug-likeness (QED) is 0.838. The maximum atomic E-state index is 5.96. The zero-order chi connectivity index (χ0) is 19.2. The number of aromatic nitrogens is 1. The first-order valence-electron chi connectivity index (χ1n) is 9.95. The summed E-state index contributed by atoms with van der Waals surface area (Å²) in [5.74, 6) is 1.48. The van der Waals surface area contributed by atoms with Crippen LogP contribution in [0.2, 0.25) is 0 Å². The molecule has 146 valence electrons. The van der Waals surface area contributed by atoms with Gasteiger partial charge in [-0.25, -0.2) is 4.99 Å². The molecular formula is C22H27N5O. The van der Waals surface area contributed by atoms with E-state index in [1.54, 1.807) is 6.20 Å². The van der Waals surface area contributed by atoms with E-state index in [2.05, 4.69) is 31.9 Å². The van der Waals surface area contributed by atoms with Gasteiger partial charge in [0.05, 0.1) is 30.3 Å². The molecule has 0 unspecified atom stereocenters. The Morgan fingerprint density at radius 1 is 1.04 bits per heavy atom. The number of nitrogens with zero attached hydrogens (tertiary/aromatic N) is 4. The van der Waals surface area contributed by atoms with Crippen LogP contribution in [0.1, 0.15) is 24.8 Å². The van der Waals surface area contributed by atoms with Gasteiger partial charge in [-0.15, -0.1) is 0 Å². The standard InChI is InChI=1S/C22H27N5O/c23-22-17-27(19-5-4-10-24-15-19)21(16-25-22)18-6-8-20(9-7-18)28-14-13-26-11-2-1-3-12-26/h4-10,15-16H,1-3,11-14,17H2,(H2,23,25). The molecule has 3 heterocycles. The molecule has 2 aliphatic rings. The summed E-state index contributed by atoms with van der Waals surface area (Å²) >= 11 is 0. The van der Waals surface area contributed by atoms with Crippen LogP contribution in [0, 0.1) is 0 Å². The molecule has 1 saturated heterocycles. The smallest absolute Gasteiger partial charge is 0.119 e. The third-order valence-electron chi connectivity index (χ3n) is 5.20. The number of nitrogens with two attached hydrogens (primary N) is 1. The highest BCUT2D eigenvalue weighted by Crippen LogP contribution is 2.28. The van der Waals surface area contributed by atoms with Crippen molar-refractivity contribution >= 4 is 17.2 Å². The monoisotopic (exact) mass is 377 g/mol. The number of hydrogen-bond donors (Lipinski definition) is 1. The Kier molecular flexibility index (Phi) is 5.87. The molecule has 28 heavy (non-hydrogen) atoms. The molecular weight excluding hydrogens is 350 g/mol. The Balaban J connectivity index is 1.41. The van der Waals surface area contributed by atoms with Crippen LogP contribution in [0.3, 0.4) is 0 Å². The molecule has 4 rings (SSSR count). The Bertz CT molecular complexity index is 826. The minimum atomic E-state index is 0.547. The third kappa shape index (κ3) is 4.51. The van der Waals surface area contributed by atoms with E-state index in [1.165, 1.54) is 32.4 Å². The average Bonchev–Trinajstić information content (AvgIpc) is 2.76. The van der Waals surface area contributed by atoms with Crippen molar-refractivity contribution in [3.05, 3.63) is 60.6 Å². The summed E-state index contributed by atoms with van der Waals surface area (Å²) in [6, 6.07) is 12.1. The van der Waals surface area contributed by atoms with Crippen LogP contribution in [0.4, 0.5) is 5.69 Å². The molecule has 1 aromatic heterocycles. The van der Waals surface area contributed by atoms with Crippen molar-refractivity contribution in [1.82, 2.24) is 9.88 Å². The predicted molar refractivity (Wildman–Crippen MR) is 113 cm³/mol. The van der Waals surface area contributed by atoms with E-state index in [4.69, 9.17) is 10.5 Å². The number of rotatable bonds is 6. The van der Waals surface area contributed by atoms with E-state index >= 15 is 0 Å². The lowest BCUT2D eigenvalue weighted by molar-refractivity contribution is 0.183. The number of piperidine rings is 1. The molecule has 0 amide bonds. The molecule has 0 aliphatic carbocycles. The molecule has 0 spiro atoms. The first-order valence-corrected chi connectivity index (χ1v) is 9.95. The molecule has 0 atom stereocenters. The van der Waals surface area contributed by atoms with Gasteiger partial charge in [0.1, 0.15) is 18.2 Å². The first-order chi connectivity index (χ1) is 13.8. The van der Waals surface area contributed by atoms with Crippen LogP contribution in [-0.2, 0) is 0 Å². The van der Waals surface area contributed by atoms with Gasteiger partial charge in [-0.1, -0.05) is 6.42 Å². The molecule has 1 aromatic carbocycles. The Labute approximate surface area is 166 Å². The van der Waals surface area contributed by atoms with Crippen LogP contribution in [0.15, 0.2) is 60.0 Å². The lowest BCUT2D eigenvalue weighted by Gasteiger charge is -2.29.